The van der Waals surface area contributed by atoms with Crippen LogP contribution in [0.15, 0.2) is 92.0 Å². The average molecular weight is 617 g/mol. The Bertz CT molecular complexity index is 1920. The molecule has 43 heavy (non-hydrogen) atoms. The van der Waals surface area contributed by atoms with E-state index >= 15 is 0 Å². The van der Waals surface area contributed by atoms with Crippen molar-refractivity contribution in [2.45, 2.75) is 36.9 Å². The Labute approximate surface area is 255 Å². The van der Waals surface area contributed by atoms with Gasteiger partial charge in [-0.05, 0) is 62.4 Å². The zero-order chi connectivity index (χ0) is 30.7. The van der Waals surface area contributed by atoms with E-state index in [1.165, 1.54) is 28.5 Å². The van der Waals surface area contributed by atoms with Gasteiger partial charge in [0.25, 0.3) is 17.2 Å². The van der Waals surface area contributed by atoms with Gasteiger partial charge >= 0.3 is 0 Å². The number of aromatic nitrogens is 3. The number of likely N-dealkylation sites (N-methyl/N-ethyl adjacent to an activating group) is 1. The van der Waals surface area contributed by atoms with Crippen LogP contribution in [0.4, 0.5) is 5.69 Å². The summed E-state index contributed by atoms with van der Waals surface area (Å²) in [6.45, 7) is 6.56. The second-order valence-corrected chi connectivity index (χ2v) is 11.4. The van der Waals surface area contributed by atoms with Crippen LogP contribution in [0, 0.1) is 10.1 Å². The van der Waals surface area contributed by atoms with Crippen molar-refractivity contribution in [3.05, 3.63) is 113 Å². The third-order valence-electron chi connectivity index (χ3n) is 6.97. The lowest BCUT2D eigenvalue weighted by Crippen LogP contribution is -2.43. The number of ether oxygens (including phenoxy) is 1. The first-order valence-corrected chi connectivity index (χ1v) is 15.1. The van der Waals surface area contributed by atoms with Crippen molar-refractivity contribution in [2.24, 2.45) is 4.99 Å². The summed E-state index contributed by atoms with van der Waals surface area (Å²) in [6, 6.07) is 12.6. The van der Waals surface area contributed by atoms with Crippen molar-refractivity contribution < 1.29 is 14.5 Å². The number of nitro benzene ring substituents is 1. The van der Waals surface area contributed by atoms with Crippen LogP contribution in [-0.4, -0.2) is 50.5 Å². The van der Waals surface area contributed by atoms with Crippen LogP contribution < -0.4 is 19.6 Å². The number of rotatable bonds is 9. The van der Waals surface area contributed by atoms with Crippen LogP contribution in [0.5, 0.6) is 5.75 Å². The number of hydrogen-bond donors (Lipinski definition) is 0. The number of hydrogen-bond acceptors (Lipinski definition) is 10. The SMILES string of the molecule is CCN(CC)C(=O)C1=C(C)N=c2s/c(=C\c3cc([N+](=O)[O-])ccc3Sc3ncccn3)c(=O)n2[C@@H]1c1ccccc1OC. The van der Waals surface area contributed by atoms with Crippen molar-refractivity contribution in [3.63, 3.8) is 0 Å². The van der Waals surface area contributed by atoms with Gasteiger partial charge in [-0.15, -0.1) is 0 Å². The van der Waals surface area contributed by atoms with Gasteiger partial charge < -0.3 is 9.64 Å². The molecule has 0 aliphatic carbocycles. The molecule has 11 nitrogen and oxygen atoms in total. The van der Waals surface area contributed by atoms with E-state index in [1.807, 2.05) is 32.0 Å². The molecule has 0 fully saturated rings. The van der Waals surface area contributed by atoms with Crippen LogP contribution in [0.25, 0.3) is 6.08 Å². The zero-order valence-electron chi connectivity index (χ0n) is 23.9. The van der Waals surface area contributed by atoms with Gasteiger partial charge in [0, 0.05) is 48.1 Å². The molecule has 0 unspecified atom stereocenters. The van der Waals surface area contributed by atoms with E-state index in [9.17, 15) is 19.7 Å². The highest BCUT2D eigenvalue weighted by Crippen LogP contribution is 2.36. The fraction of sp³-hybridized carbons (Fsp3) is 0.233. The minimum absolute atomic E-state index is 0.118. The van der Waals surface area contributed by atoms with Gasteiger partial charge in [-0.1, -0.05) is 29.5 Å². The number of nitrogens with zero attached hydrogens (tertiary/aromatic N) is 6. The number of non-ortho nitro benzene ring substituents is 1. The summed E-state index contributed by atoms with van der Waals surface area (Å²) in [5, 5.41) is 12.1. The molecular weight excluding hydrogens is 589 g/mol. The second-order valence-electron chi connectivity index (χ2n) is 9.41. The van der Waals surface area contributed by atoms with Gasteiger partial charge in [0.15, 0.2) is 9.96 Å². The summed E-state index contributed by atoms with van der Waals surface area (Å²) in [5.41, 5.74) is 1.51. The van der Waals surface area contributed by atoms with Crippen LogP contribution in [0.2, 0.25) is 0 Å². The summed E-state index contributed by atoms with van der Waals surface area (Å²) in [6.07, 6.45) is 4.83. The first-order chi connectivity index (χ1) is 20.8. The van der Waals surface area contributed by atoms with Gasteiger partial charge in [-0.2, -0.15) is 0 Å². The Balaban J connectivity index is 1.74. The summed E-state index contributed by atoms with van der Waals surface area (Å²) in [7, 11) is 1.54. The van der Waals surface area contributed by atoms with Crippen molar-refractivity contribution in [1.29, 1.82) is 0 Å². The number of benzene rings is 2. The minimum atomic E-state index is -0.792. The molecule has 1 amide bonds. The average Bonchev–Trinajstić information content (AvgIpc) is 3.31. The van der Waals surface area contributed by atoms with E-state index in [0.29, 0.717) is 60.6 Å². The lowest BCUT2D eigenvalue weighted by Gasteiger charge is -2.29. The lowest BCUT2D eigenvalue weighted by atomic mass is 9.94. The quantitative estimate of drug-likeness (QED) is 0.157. The van der Waals surface area contributed by atoms with E-state index in [2.05, 4.69) is 9.97 Å². The number of nitro groups is 1. The van der Waals surface area contributed by atoms with E-state index in [1.54, 1.807) is 55.6 Å². The molecule has 0 saturated carbocycles. The molecule has 1 atom stereocenters. The first kappa shape index (κ1) is 29.9. The zero-order valence-corrected chi connectivity index (χ0v) is 25.5. The summed E-state index contributed by atoms with van der Waals surface area (Å²) in [5.74, 6) is 0.318. The van der Waals surface area contributed by atoms with Crippen molar-refractivity contribution in [1.82, 2.24) is 19.4 Å². The van der Waals surface area contributed by atoms with Gasteiger partial charge in [0.05, 0.1) is 27.8 Å². The van der Waals surface area contributed by atoms with Crippen LogP contribution in [-0.2, 0) is 4.79 Å². The molecule has 3 heterocycles. The minimum Gasteiger partial charge on any atom is -0.496 e. The molecule has 0 radical (unpaired) electrons. The molecule has 0 saturated heterocycles. The van der Waals surface area contributed by atoms with Gasteiger partial charge in [-0.25, -0.2) is 15.0 Å². The number of carbonyl (C=O) groups excluding carboxylic acids is 1. The number of methoxy groups -OCH3 is 1. The Morgan fingerprint density at radius 3 is 2.56 bits per heavy atom. The molecule has 0 N–H and O–H groups in total. The molecule has 0 bridgehead atoms. The standard InChI is InChI=1S/C30H28N6O5S2/c1-5-34(6-2)28(38)25-18(3)33-30-35(26(25)21-10-7-8-11-22(21)41-4)27(37)24(43-30)17-19-16-20(36(39)40)12-13-23(19)42-29-31-14-9-15-32-29/h7-17,26H,5-6H2,1-4H3/b24-17-/t26-/m1/s1. The number of allylic oxidation sites excluding steroid dienone is 1. The number of carbonyl (C=O) groups is 1. The lowest BCUT2D eigenvalue weighted by molar-refractivity contribution is -0.384. The Morgan fingerprint density at radius 1 is 1.16 bits per heavy atom. The van der Waals surface area contributed by atoms with Gasteiger partial charge in [0.1, 0.15) is 11.8 Å². The summed E-state index contributed by atoms with van der Waals surface area (Å²) >= 11 is 2.38. The maximum absolute atomic E-state index is 14.2. The van der Waals surface area contributed by atoms with Crippen LogP contribution >= 0.6 is 23.1 Å². The molecule has 220 valence electrons. The Morgan fingerprint density at radius 2 is 1.88 bits per heavy atom. The van der Waals surface area contributed by atoms with E-state index in [-0.39, 0.29) is 17.2 Å². The predicted octanol–water partition coefficient (Wildman–Crippen LogP) is 3.96. The fourth-order valence-electron chi connectivity index (χ4n) is 4.90. The third kappa shape index (κ3) is 5.86. The largest absolute Gasteiger partial charge is 0.496 e. The highest BCUT2D eigenvalue weighted by atomic mass is 32.2. The highest BCUT2D eigenvalue weighted by Gasteiger charge is 2.35. The molecule has 13 heteroatoms. The predicted molar refractivity (Wildman–Crippen MR) is 164 cm³/mol. The Kier molecular flexibility index (Phi) is 8.83. The summed E-state index contributed by atoms with van der Waals surface area (Å²) in [4.78, 5) is 55.2. The number of amides is 1. The number of para-hydroxylation sites is 1. The number of fused-ring (bicyclic) bond motifs is 1. The molecule has 1 aliphatic heterocycles. The fourth-order valence-corrected chi connectivity index (χ4v) is 6.73. The number of thiazole rings is 1. The highest BCUT2D eigenvalue weighted by molar-refractivity contribution is 7.99. The van der Waals surface area contributed by atoms with Crippen molar-refractivity contribution in [2.75, 3.05) is 20.2 Å². The van der Waals surface area contributed by atoms with Crippen molar-refractivity contribution in [3.8, 4) is 5.75 Å². The van der Waals surface area contributed by atoms with E-state index in [0.717, 1.165) is 11.3 Å². The molecule has 2 aromatic carbocycles. The first-order valence-electron chi connectivity index (χ1n) is 13.4. The van der Waals surface area contributed by atoms with Crippen LogP contribution in [0.1, 0.15) is 37.9 Å². The van der Waals surface area contributed by atoms with Crippen molar-refractivity contribution >= 4 is 40.8 Å². The topological polar surface area (TPSA) is 133 Å². The monoisotopic (exact) mass is 616 g/mol. The Hall–Kier alpha value is -4.62. The second kappa shape index (κ2) is 12.7. The van der Waals surface area contributed by atoms with Gasteiger partial charge in [-0.3, -0.25) is 24.3 Å². The molecular formula is C30H28N6O5S2. The molecule has 2 aromatic heterocycles. The molecule has 0 spiro atoms. The molecule has 4 aromatic rings. The molecule has 5 rings (SSSR count). The molecule has 1 aliphatic rings. The normalized spacial score (nSPS) is 14.7. The third-order valence-corrected chi connectivity index (χ3v) is 8.94. The maximum atomic E-state index is 14.2. The van der Waals surface area contributed by atoms with E-state index in [4.69, 9.17) is 9.73 Å². The summed E-state index contributed by atoms with van der Waals surface area (Å²) < 4.78 is 7.49. The maximum Gasteiger partial charge on any atom is 0.271 e. The van der Waals surface area contributed by atoms with E-state index < -0.39 is 11.0 Å². The smallest absolute Gasteiger partial charge is 0.271 e. The van der Waals surface area contributed by atoms with Gasteiger partial charge in [0.2, 0.25) is 0 Å². The van der Waals surface area contributed by atoms with Crippen LogP contribution in [0.3, 0.4) is 0 Å².